The minimum absolute atomic E-state index is 0.0151. The first kappa shape index (κ1) is 15.0. The number of rotatable bonds is 2. The van der Waals surface area contributed by atoms with Crippen molar-refractivity contribution < 1.29 is 9.53 Å². The number of ether oxygens (including phenoxy) is 1. The van der Waals surface area contributed by atoms with Crippen LogP contribution in [0.3, 0.4) is 0 Å². The van der Waals surface area contributed by atoms with Crippen molar-refractivity contribution in [3.05, 3.63) is 54.1 Å². The largest absolute Gasteiger partial charge is 0.479 e. The van der Waals surface area contributed by atoms with E-state index in [-0.39, 0.29) is 11.9 Å². The van der Waals surface area contributed by atoms with Crippen LogP contribution in [0.25, 0.3) is 0 Å². The van der Waals surface area contributed by atoms with Crippen LogP contribution in [0.1, 0.15) is 18.0 Å². The van der Waals surface area contributed by atoms with Crippen LogP contribution in [0.5, 0.6) is 5.75 Å². The fourth-order valence-corrected chi connectivity index (χ4v) is 5.01. The summed E-state index contributed by atoms with van der Waals surface area (Å²) in [5.41, 5.74) is 1.22. The van der Waals surface area contributed by atoms with E-state index in [0.717, 1.165) is 22.8 Å². The minimum Gasteiger partial charge on any atom is -0.479 e. The molecule has 0 spiro atoms. The van der Waals surface area contributed by atoms with E-state index in [4.69, 9.17) is 4.74 Å². The summed E-state index contributed by atoms with van der Waals surface area (Å²) < 4.78 is 5.89. The van der Waals surface area contributed by atoms with E-state index in [0.29, 0.717) is 5.75 Å². The van der Waals surface area contributed by atoms with Gasteiger partial charge in [0, 0.05) is 21.3 Å². The molecule has 0 radical (unpaired) electrons. The third-order valence-electron chi connectivity index (χ3n) is 4.08. The van der Waals surface area contributed by atoms with E-state index in [1.807, 2.05) is 48.2 Å². The van der Waals surface area contributed by atoms with Gasteiger partial charge in [-0.05, 0) is 30.2 Å². The molecule has 23 heavy (non-hydrogen) atoms. The van der Waals surface area contributed by atoms with E-state index in [2.05, 4.69) is 17.4 Å². The molecule has 0 aliphatic carbocycles. The second kappa shape index (κ2) is 6.49. The minimum atomic E-state index is -0.420. The van der Waals surface area contributed by atoms with E-state index >= 15 is 0 Å². The van der Waals surface area contributed by atoms with Crippen molar-refractivity contribution in [1.82, 2.24) is 5.32 Å². The zero-order valence-corrected chi connectivity index (χ0v) is 14.2. The van der Waals surface area contributed by atoms with Crippen molar-refractivity contribution in [3.8, 4) is 5.75 Å². The molecule has 2 aliphatic rings. The highest BCUT2D eigenvalue weighted by atomic mass is 32.2. The Bertz CT molecular complexity index is 734. The topological polar surface area (TPSA) is 38.3 Å². The molecule has 2 aromatic rings. The van der Waals surface area contributed by atoms with Crippen LogP contribution in [-0.2, 0) is 4.79 Å². The monoisotopic (exact) mass is 343 g/mol. The van der Waals surface area contributed by atoms with Crippen LogP contribution in [0.4, 0.5) is 0 Å². The molecule has 1 amide bonds. The lowest BCUT2D eigenvalue weighted by Gasteiger charge is -2.29. The van der Waals surface area contributed by atoms with Gasteiger partial charge in [-0.25, -0.2) is 0 Å². The molecule has 2 aliphatic heterocycles. The molecule has 5 heteroatoms. The van der Waals surface area contributed by atoms with Crippen molar-refractivity contribution in [2.24, 2.45) is 0 Å². The van der Waals surface area contributed by atoms with Crippen LogP contribution in [0.15, 0.2) is 58.3 Å². The zero-order chi connectivity index (χ0) is 15.6. The van der Waals surface area contributed by atoms with Gasteiger partial charge < -0.3 is 10.1 Å². The molecule has 2 unspecified atom stereocenters. The van der Waals surface area contributed by atoms with Crippen LogP contribution >= 0.6 is 23.5 Å². The molecule has 1 N–H and O–H groups in total. The van der Waals surface area contributed by atoms with E-state index in [1.165, 1.54) is 10.5 Å². The van der Waals surface area contributed by atoms with Crippen LogP contribution in [0, 0.1) is 0 Å². The summed E-state index contributed by atoms with van der Waals surface area (Å²) in [6.07, 6.45) is 0.542. The lowest BCUT2D eigenvalue weighted by molar-refractivity contribution is -0.128. The molecule has 0 saturated heterocycles. The number of carbonyl (C=O) groups excluding carboxylic acids is 1. The molecule has 2 atom stereocenters. The normalized spacial score (nSPS) is 22.4. The second-order valence-electron chi connectivity index (χ2n) is 5.60. The fourth-order valence-electron chi connectivity index (χ4n) is 2.91. The number of amides is 1. The maximum Gasteiger partial charge on any atom is 0.262 e. The maximum atomic E-state index is 12.6. The molecule has 2 aromatic carbocycles. The number of carbonyl (C=O) groups is 1. The Morgan fingerprint density at radius 1 is 1.04 bits per heavy atom. The molecular weight excluding hydrogens is 326 g/mol. The summed E-state index contributed by atoms with van der Waals surface area (Å²) in [4.78, 5) is 15.0. The van der Waals surface area contributed by atoms with Gasteiger partial charge in [0.1, 0.15) is 5.75 Å². The number of hydrogen-bond acceptors (Lipinski definition) is 4. The average molecular weight is 343 g/mol. The van der Waals surface area contributed by atoms with Gasteiger partial charge in [-0.1, -0.05) is 30.3 Å². The molecule has 3 nitrogen and oxygen atoms in total. The highest BCUT2D eigenvalue weighted by molar-refractivity contribution is 7.99. The van der Waals surface area contributed by atoms with Crippen molar-refractivity contribution in [2.75, 3.05) is 11.5 Å². The Balaban J connectivity index is 1.47. The zero-order valence-electron chi connectivity index (χ0n) is 12.5. The Morgan fingerprint density at radius 2 is 1.83 bits per heavy atom. The SMILES string of the molecule is O=C(NC1CCSc2ccccc21)C1CSc2ccccc2O1. The lowest BCUT2D eigenvalue weighted by Crippen LogP contribution is -2.43. The van der Waals surface area contributed by atoms with Crippen LogP contribution < -0.4 is 10.1 Å². The van der Waals surface area contributed by atoms with Gasteiger partial charge in [-0.3, -0.25) is 4.79 Å². The second-order valence-corrected chi connectivity index (χ2v) is 7.80. The summed E-state index contributed by atoms with van der Waals surface area (Å²) in [5.74, 6) is 2.49. The summed E-state index contributed by atoms with van der Waals surface area (Å²) in [5, 5.41) is 3.18. The average Bonchev–Trinajstić information content (AvgIpc) is 2.61. The van der Waals surface area contributed by atoms with E-state index in [9.17, 15) is 4.79 Å². The third-order valence-corrected chi connectivity index (χ3v) is 6.32. The summed E-state index contributed by atoms with van der Waals surface area (Å²) >= 11 is 3.54. The van der Waals surface area contributed by atoms with Crippen molar-refractivity contribution >= 4 is 29.4 Å². The van der Waals surface area contributed by atoms with Crippen LogP contribution in [0.2, 0.25) is 0 Å². The predicted octanol–water partition coefficient (Wildman–Crippen LogP) is 3.89. The highest BCUT2D eigenvalue weighted by Gasteiger charge is 2.29. The highest BCUT2D eigenvalue weighted by Crippen LogP contribution is 2.37. The molecule has 2 heterocycles. The number of hydrogen-bond donors (Lipinski definition) is 1. The first-order chi connectivity index (χ1) is 11.3. The molecule has 0 saturated carbocycles. The molecular formula is C18H17NO2S2. The quantitative estimate of drug-likeness (QED) is 0.898. The van der Waals surface area contributed by atoms with Gasteiger partial charge >= 0.3 is 0 Å². The van der Waals surface area contributed by atoms with Gasteiger partial charge in [-0.2, -0.15) is 0 Å². The smallest absolute Gasteiger partial charge is 0.262 e. The van der Waals surface area contributed by atoms with Crippen LogP contribution in [-0.4, -0.2) is 23.5 Å². The van der Waals surface area contributed by atoms with Gasteiger partial charge in [0.25, 0.3) is 5.91 Å². The van der Waals surface area contributed by atoms with E-state index in [1.54, 1.807) is 11.8 Å². The Kier molecular flexibility index (Phi) is 4.23. The van der Waals surface area contributed by atoms with Gasteiger partial charge in [0.15, 0.2) is 6.10 Å². The Morgan fingerprint density at radius 3 is 2.74 bits per heavy atom. The summed E-state index contributed by atoms with van der Waals surface area (Å²) in [6, 6.07) is 16.3. The molecule has 0 aromatic heterocycles. The number of fused-ring (bicyclic) bond motifs is 2. The third kappa shape index (κ3) is 3.08. The lowest BCUT2D eigenvalue weighted by atomic mass is 10.0. The standard InChI is InChI=1S/C18H17NO2S2/c20-18(15-11-23-17-8-4-2-6-14(17)21-15)19-13-9-10-22-16-7-3-1-5-12(13)16/h1-8,13,15H,9-11H2,(H,19,20). The number of nitrogens with one attached hydrogen (secondary N) is 1. The van der Waals surface area contributed by atoms with Gasteiger partial charge in [-0.15, -0.1) is 23.5 Å². The number of thioether (sulfide) groups is 2. The molecule has 0 bridgehead atoms. The molecule has 4 rings (SSSR count). The van der Waals surface area contributed by atoms with Gasteiger partial charge in [0.05, 0.1) is 6.04 Å². The Labute approximate surface area is 144 Å². The van der Waals surface area contributed by atoms with Crippen molar-refractivity contribution in [3.63, 3.8) is 0 Å². The summed E-state index contributed by atoms with van der Waals surface area (Å²) in [7, 11) is 0. The molecule has 118 valence electrons. The van der Waals surface area contributed by atoms with Crippen molar-refractivity contribution in [1.29, 1.82) is 0 Å². The van der Waals surface area contributed by atoms with Crippen molar-refractivity contribution in [2.45, 2.75) is 28.4 Å². The predicted molar refractivity (Wildman–Crippen MR) is 94.2 cm³/mol. The first-order valence-corrected chi connectivity index (χ1v) is 9.69. The fraction of sp³-hybridized carbons (Fsp3) is 0.278. The Hall–Kier alpha value is -1.59. The van der Waals surface area contributed by atoms with Gasteiger partial charge in [0.2, 0.25) is 0 Å². The molecule has 0 fully saturated rings. The summed E-state index contributed by atoms with van der Waals surface area (Å²) in [6.45, 7) is 0. The van der Waals surface area contributed by atoms with E-state index < -0.39 is 6.10 Å². The first-order valence-electron chi connectivity index (χ1n) is 7.72. The maximum absolute atomic E-state index is 12.6. The number of benzene rings is 2. The number of para-hydroxylation sites is 1.